The highest BCUT2D eigenvalue weighted by molar-refractivity contribution is 5.85. The molecule has 2 aromatic rings. The molecule has 0 saturated heterocycles. The monoisotopic (exact) mass is 241 g/mol. The second kappa shape index (κ2) is 4.92. The Bertz CT molecular complexity index is 580. The number of aromatic hydroxyl groups is 2. The lowest BCUT2D eigenvalue weighted by Gasteiger charge is -2.05. The van der Waals surface area contributed by atoms with Gasteiger partial charge in [0.25, 0.3) is 0 Å². The van der Waals surface area contributed by atoms with E-state index in [0.717, 1.165) is 16.8 Å². The number of benzene rings is 2. The molecule has 0 amide bonds. The molecular weight excluding hydrogens is 226 g/mol. The van der Waals surface area contributed by atoms with Gasteiger partial charge in [-0.05, 0) is 49.2 Å². The Morgan fingerprint density at radius 1 is 1.00 bits per heavy atom. The number of hydrogen-bond acceptors (Lipinski definition) is 3. The van der Waals surface area contributed by atoms with Crippen molar-refractivity contribution < 1.29 is 10.2 Å². The molecule has 0 fully saturated rings. The normalized spacial score (nSPS) is 11.0. The molecule has 2 aromatic carbocycles. The first-order chi connectivity index (χ1) is 8.58. The second-order valence-corrected chi connectivity index (χ2v) is 4.25. The van der Waals surface area contributed by atoms with Gasteiger partial charge in [0.05, 0.1) is 5.69 Å². The fourth-order valence-corrected chi connectivity index (χ4v) is 1.87. The quantitative estimate of drug-likeness (QED) is 0.791. The van der Waals surface area contributed by atoms with Crippen molar-refractivity contribution in [2.75, 3.05) is 0 Å². The van der Waals surface area contributed by atoms with E-state index in [-0.39, 0.29) is 11.5 Å². The summed E-state index contributed by atoms with van der Waals surface area (Å²) in [4.78, 5) is 4.38. The molecule has 0 atom stereocenters. The third-order valence-electron chi connectivity index (χ3n) is 2.75. The first-order valence-corrected chi connectivity index (χ1v) is 5.70. The molecule has 0 aliphatic carbocycles. The van der Waals surface area contributed by atoms with Gasteiger partial charge in [0.2, 0.25) is 0 Å². The van der Waals surface area contributed by atoms with Crippen molar-refractivity contribution >= 4 is 11.9 Å². The maximum atomic E-state index is 9.64. The van der Waals surface area contributed by atoms with Gasteiger partial charge in [0, 0.05) is 11.8 Å². The number of aliphatic imine (C=N–C) groups is 1. The molecule has 3 nitrogen and oxygen atoms in total. The Labute approximate surface area is 106 Å². The maximum absolute atomic E-state index is 9.64. The summed E-state index contributed by atoms with van der Waals surface area (Å²) in [5, 5.41) is 19.1. The minimum atomic E-state index is 0.204. The Balaban J connectivity index is 2.38. The van der Waals surface area contributed by atoms with Gasteiger partial charge >= 0.3 is 0 Å². The van der Waals surface area contributed by atoms with Gasteiger partial charge in [-0.2, -0.15) is 0 Å². The van der Waals surface area contributed by atoms with E-state index in [0.29, 0.717) is 5.56 Å². The van der Waals surface area contributed by atoms with Gasteiger partial charge in [-0.3, -0.25) is 4.99 Å². The van der Waals surface area contributed by atoms with Gasteiger partial charge in [-0.15, -0.1) is 0 Å². The van der Waals surface area contributed by atoms with Crippen LogP contribution in [0, 0.1) is 13.8 Å². The van der Waals surface area contributed by atoms with E-state index in [1.54, 1.807) is 36.5 Å². The summed E-state index contributed by atoms with van der Waals surface area (Å²) in [5.41, 5.74) is 3.29. The molecule has 18 heavy (non-hydrogen) atoms. The fraction of sp³-hybridized carbons (Fsp3) is 0.133. The zero-order valence-corrected chi connectivity index (χ0v) is 10.4. The van der Waals surface area contributed by atoms with E-state index in [1.807, 2.05) is 19.9 Å². The molecule has 2 rings (SSSR count). The molecule has 0 spiro atoms. The summed E-state index contributed by atoms with van der Waals surface area (Å²) in [5.74, 6) is 0.446. The van der Waals surface area contributed by atoms with Crippen molar-refractivity contribution in [3.63, 3.8) is 0 Å². The van der Waals surface area contributed by atoms with Crippen molar-refractivity contribution in [3.8, 4) is 11.5 Å². The van der Waals surface area contributed by atoms with E-state index in [4.69, 9.17) is 0 Å². The molecule has 92 valence electrons. The molecule has 0 radical (unpaired) electrons. The maximum Gasteiger partial charge on any atom is 0.124 e. The van der Waals surface area contributed by atoms with Crippen LogP contribution in [0.15, 0.2) is 41.4 Å². The molecule has 0 heterocycles. The minimum Gasteiger partial charge on any atom is -0.508 e. The molecular formula is C15H15NO2. The van der Waals surface area contributed by atoms with Gasteiger partial charge in [-0.25, -0.2) is 0 Å². The molecule has 0 bridgehead atoms. The van der Waals surface area contributed by atoms with Crippen LogP contribution in [0.1, 0.15) is 16.7 Å². The molecule has 2 N–H and O–H groups in total. The van der Waals surface area contributed by atoms with Crippen LogP contribution in [0.4, 0.5) is 5.69 Å². The number of nitrogens with zero attached hydrogens (tertiary/aromatic N) is 1. The third-order valence-corrected chi connectivity index (χ3v) is 2.75. The summed E-state index contributed by atoms with van der Waals surface area (Å²) < 4.78 is 0. The summed E-state index contributed by atoms with van der Waals surface area (Å²) in [6.07, 6.45) is 1.63. The second-order valence-electron chi connectivity index (χ2n) is 4.25. The topological polar surface area (TPSA) is 52.8 Å². The number of rotatable bonds is 2. The minimum absolute atomic E-state index is 0.204. The van der Waals surface area contributed by atoms with Crippen LogP contribution in [0.5, 0.6) is 11.5 Å². The lowest BCUT2D eigenvalue weighted by atomic mass is 10.1. The highest BCUT2D eigenvalue weighted by Crippen LogP contribution is 2.28. The third kappa shape index (κ3) is 2.51. The van der Waals surface area contributed by atoms with Crippen molar-refractivity contribution in [2.45, 2.75) is 13.8 Å². The highest BCUT2D eigenvalue weighted by Gasteiger charge is 2.03. The number of phenols is 2. The highest BCUT2D eigenvalue weighted by atomic mass is 16.3. The number of para-hydroxylation sites is 1. The van der Waals surface area contributed by atoms with Crippen LogP contribution in [0.3, 0.4) is 0 Å². The zero-order valence-electron chi connectivity index (χ0n) is 10.4. The summed E-state index contributed by atoms with van der Waals surface area (Å²) in [7, 11) is 0. The SMILES string of the molecule is Cc1cc(O)cc(C)c1/N=C/c1ccccc1O. The molecule has 0 saturated carbocycles. The largest absolute Gasteiger partial charge is 0.508 e. The van der Waals surface area contributed by atoms with Crippen LogP contribution < -0.4 is 0 Å². The van der Waals surface area contributed by atoms with Crippen LogP contribution in [-0.2, 0) is 0 Å². The molecule has 0 aromatic heterocycles. The van der Waals surface area contributed by atoms with Crippen molar-refractivity contribution in [2.24, 2.45) is 4.99 Å². The Morgan fingerprint density at radius 2 is 1.61 bits per heavy atom. The molecule has 0 aliphatic rings. The number of phenolic OH excluding ortho intramolecular Hbond substituents is 2. The van der Waals surface area contributed by atoms with Gasteiger partial charge in [0.1, 0.15) is 11.5 Å². The molecule has 0 unspecified atom stereocenters. The lowest BCUT2D eigenvalue weighted by Crippen LogP contribution is -1.84. The zero-order chi connectivity index (χ0) is 13.1. The predicted molar refractivity (Wildman–Crippen MR) is 72.9 cm³/mol. The van der Waals surface area contributed by atoms with E-state index in [2.05, 4.69) is 4.99 Å². The van der Waals surface area contributed by atoms with E-state index in [1.165, 1.54) is 0 Å². The summed E-state index contributed by atoms with van der Waals surface area (Å²) in [6.45, 7) is 3.79. The van der Waals surface area contributed by atoms with Gasteiger partial charge < -0.3 is 10.2 Å². The van der Waals surface area contributed by atoms with Crippen molar-refractivity contribution in [1.29, 1.82) is 0 Å². The first-order valence-electron chi connectivity index (χ1n) is 5.70. The van der Waals surface area contributed by atoms with E-state index < -0.39 is 0 Å². The lowest BCUT2D eigenvalue weighted by molar-refractivity contribution is 0.473. The Kier molecular flexibility index (Phi) is 3.33. The van der Waals surface area contributed by atoms with Crippen LogP contribution in [0.2, 0.25) is 0 Å². The Morgan fingerprint density at radius 3 is 2.22 bits per heavy atom. The van der Waals surface area contributed by atoms with Crippen LogP contribution in [0.25, 0.3) is 0 Å². The number of hydrogen-bond donors (Lipinski definition) is 2. The average molecular weight is 241 g/mol. The van der Waals surface area contributed by atoms with E-state index in [9.17, 15) is 10.2 Å². The average Bonchev–Trinajstić information content (AvgIpc) is 2.30. The van der Waals surface area contributed by atoms with Crippen molar-refractivity contribution in [3.05, 3.63) is 53.1 Å². The van der Waals surface area contributed by atoms with Crippen LogP contribution >= 0.6 is 0 Å². The first kappa shape index (κ1) is 12.2. The Hall–Kier alpha value is -2.29. The standard InChI is InChI=1S/C15H15NO2/c1-10-7-13(17)8-11(2)15(10)16-9-12-5-3-4-6-14(12)18/h3-9,17-18H,1-2H3/b16-9+. The predicted octanol–water partition coefficient (Wildman–Crippen LogP) is 3.47. The number of aryl methyl sites for hydroxylation is 2. The van der Waals surface area contributed by atoms with E-state index >= 15 is 0 Å². The van der Waals surface area contributed by atoms with Gasteiger partial charge in [0.15, 0.2) is 0 Å². The molecule has 3 heteroatoms. The fourth-order valence-electron chi connectivity index (χ4n) is 1.87. The van der Waals surface area contributed by atoms with Crippen LogP contribution in [-0.4, -0.2) is 16.4 Å². The smallest absolute Gasteiger partial charge is 0.124 e. The van der Waals surface area contributed by atoms with Gasteiger partial charge in [-0.1, -0.05) is 12.1 Å². The summed E-state index contributed by atoms with van der Waals surface area (Å²) in [6, 6.07) is 10.4. The summed E-state index contributed by atoms with van der Waals surface area (Å²) >= 11 is 0. The molecule has 0 aliphatic heterocycles. The van der Waals surface area contributed by atoms with Crippen molar-refractivity contribution in [1.82, 2.24) is 0 Å².